The summed E-state index contributed by atoms with van der Waals surface area (Å²) in [6.45, 7) is 8.52. The van der Waals surface area contributed by atoms with Crippen LogP contribution in [0.3, 0.4) is 0 Å². The zero-order valence-corrected chi connectivity index (χ0v) is 12.3. The lowest BCUT2D eigenvalue weighted by Crippen LogP contribution is -2.55. The second kappa shape index (κ2) is 5.21. The number of likely N-dealkylation sites (N-methyl/N-ethyl adjacent to an activating group) is 1. The first-order valence-electron chi connectivity index (χ1n) is 6.82. The van der Waals surface area contributed by atoms with Gasteiger partial charge in [0.25, 0.3) is 0 Å². The second-order valence-corrected chi connectivity index (χ2v) is 5.70. The predicted octanol–water partition coefficient (Wildman–Crippen LogP) is 1.81. The van der Waals surface area contributed by atoms with E-state index in [1.807, 2.05) is 12.1 Å². The van der Waals surface area contributed by atoms with Crippen LogP contribution in [0.2, 0.25) is 0 Å². The molecule has 0 saturated carbocycles. The molecule has 3 N–H and O–H groups in total. The zero-order valence-electron chi connectivity index (χ0n) is 12.3. The number of nitrogens with two attached hydrogens (primary N) is 1. The molecule has 0 amide bonds. The smallest absolute Gasteiger partial charge is 0.124 e. The van der Waals surface area contributed by atoms with E-state index < -0.39 is 0 Å². The van der Waals surface area contributed by atoms with E-state index in [-0.39, 0.29) is 5.84 Å². The zero-order chi connectivity index (χ0) is 14.2. The predicted molar refractivity (Wildman–Crippen MR) is 81.1 cm³/mol. The Morgan fingerprint density at radius 3 is 2.37 bits per heavy atom. The van der Waals surface area contributed by atoms with Crippen molar-refractivity contribution >= 4 is 11.5 Å². The van der Waals surface area contributed by atoms with Crippen molar-refractivity contribution in [1.29, 1.82) is 5.41 Å². The summed E-state index contributed by atoms with van der Waals surface area (Å²) in [6, 6.07) is 7.12. The van der Waals surface area contributed by atoms with E-state index in [1.165, 1.54) is 5.56 Å². The first kappa shape index (κ1) is 13.9. The summed E-state index contributed by atoms with van der Waals surface area (Å²) in [5.74, 6) is 0.147. The first-order valence-corrected chi connectivity index (χ1v) is 6.82. The Bertz CT molecular complexity index is 471. The third-order valence-corrected chi connectivity index (χ3v) is 4.14. The summed E-state index contributed by atoms with van der Waals surface area (Å²) in [5.41, 5.74) is 8.86. The van der Waals surface area contributed by atoms with Crippen molar-refractivity contribution < 1.29 is 0 Å². The fourth-order valence-corrected chi connectivity index (χ4v) is 2.73. The van der Waals surface area contributed by atoms with Gasteiger partial charge < -0.3 is 10.6 Å². The van der Waals surface area contributed by atoms with E-state index in [4.69, 9.17) is 11.1 Å². The Morgan fingerprint density at radius 1 is 1.26 bits per heavy atom. The second-order valence-electron chi connectivity index (χ2n) is 5.70. The van der Waals surface area contributed by atoms with E-state index in [9.17, 15) is 0 Å². The molecule has 0 bridgehead atoms. The van der Waals surface area contributed by atoms with Crippen molar-refractivity contribution in [2.75, 3.05) is 25.0 Å². The molecular weight excluding hydrogens is 236 g/mol. The maximum Gasteiger partial charge on any atom is 0.124 e. The molecule has 4 nitrogen and oxygen atoms in total. The molecule has 1 saturated heterocycles. The van der Waals surface area contributed by atoms with E-state index in [0.717, 1.165) is 24.3 Å². The number of hydrogen-bond acceptors (Lipinski definition) is 3. The number of nitrogens with one attached hydrogen (secondary N) is 1. The van der Waals surface area contributed by atoms with Gasteiger partial charge in [0.2, 0.25) is 0 Å². The summed E-state index contributed by atoms with van der Waals surface area (Å²) in [7, 11) is 2.18. The van der Waals surface area contributed by atoms with Crippen LogP contribution in [-0.2, 0) is 0 Å². The fraction of sp³-hybridized carbons (Fsp3) is 0.533. The fourth-order valence-electron chi connectivity index (χ4n) is 2.73. The van der Waals surface area contributed by atoms with Gasteiger partial charge in [0, 0.05) is 36.4 Å². The number of hydrogen-bond donors (Lipinski definition) is 2. The van der Waals surface area contributed by atoms with Crippen molar-refractivity contribution in [1.82, 2.24) is 4.90 Å². The molecule has 104 valence electrons. The summed E-state index contributed by atoms with van der Waals surface area (Å²) < 4.78 is 0. The van der Waals surface area contributed by atoms with Crippen molar-refractivity contribution in [3.05, 3.63) is 29.3 Å². The van der Waals surface area contributed by atoms with Crippen LogP contribution in [0, 0.1) is 12.3 Å². The summed E-state index contributed by atoms with van der Waals surface area (Å²) >= 11 is 0. The highest BCUT2D eigenvalue weighted by atomic mass is 15.3. The molecule has 4 heteroatoms. The van der Waals surface area contributed by atoms with Gasteiger partial charge in [-0.1, -0.05) is 6.07 Å². The number of amidine groups is 1. The molecule has 0 radical (unpaired) electrons. The highest BCUT2D eigenvalue weighted by molar-refractivity contribution is 6.00. The molecule has 0 aromatic heterocycles. The van der Waals surface area contributed by atoms with Gasteiger partial charge in [-0.25, -0.2) is 0 Å². The lowest BCUT2D eigenvalue weighted by atomic mass is 10.0. The summed E-state index contributed by atoms with van der Waals surface area (Å²) in [4.78, 5) is 4.76. The summed E-state index contributed by atoms with van der Waals surface area (Å²) in [6.07, 6.45) is 0. The Labute approximate surface area is 115 Å². The van der Waals surface area contributed by atoms with Gasteiger partial charge in [-0.15, -0.1) is 0 Å². The van der Waals surface area contributed by atoms with E-state index in [2.05, 4.69) is 43.7 Å². The van der Waals surface area contributed by atoms with E-state index in [1.54, 1.807) is 0 Å². The Kier molecular flexibility index (Phi) is 3.80. The number of anilines is 1. The number of piperazine rings is 1. The van der Waals surface area contributed by atoms with Crippen LogP contribution in [0.5, 0.6) is 0 Å². The number of nitrogen functional groups attached to an aromatic ring is 1. The van der Waals surface area contributed by atoms with Crippen LogP contribution < -0.4 is 10.6 Å². The minimum Gasteiger partial charge on any atom is -0.384 e. The van der Waals surface area contributed by atoms with Gasteiger partial charge in [-0.05, 0) is 45.5 Å². The first-order chi connectivity index (χ1) is 8.90. The molecule has 1 heterocycles. The van der Waals surface area contributed by atoms with Crippen molar-refractivity contribution in [2.45, 2.75) is 32.9 Å². The standard InChI is InChI=1S/C15H24N4/c1-10-5-6-13(15(16)17)14(7-10)19-8-11(2)18(4)12(3)9-19/h5-7,11-12H,8-9H2,1-4H3,(H3,16,17). The molecule has 1 aliphatic rings. The maximum atomic E-state index is 7.75. The molecule has 2 rings (SSSR count). The average Bonchev–Trinajstić information content (AvgIpc) is 2.34. The number of rotatable bonds is 2. The summed E-state index contributed by atoms with van der Waals surface area (Å²) in [5, 5.41) is 7.75. The normalized spacial score (nSPS) is 24.5. The third kappa shape index (κ3) is 2.73. The highest BCUT2D eigenvalue weighted by Crippen LogP contribution is 2.26. The van der Waals surface area contributed by atoms with Crippen LogP contribution in [0.25, 0.3) is 0 Å². The lowest BCUT2D eigenvalue weighted by Gasteiger charge is -2.44. The molecule has 1 aromatic rings. The van der Waals surface area contributed by atoms with E-state index >= 15 is 0 Å². The van der Waals surface area contributed by atoms with Gasteiger partial charge >= 0.3 is 0 Å². The minimum atomic E-state index is 0.147. The molecule has 2 unspecified atom stereocenters. The van der Waals surface area contributed by atoms with Crippen LogP contribution in [0.15, 0.2) is 18.2 Å². The van der Waals surface area contributed by atoms with E-state index in [0.29, 0.717) is 12.1 Å². The third-order valence-electron chi connectivity index (χ3n) is 4.14. The van der Waals surface area contributed by atoms with Gasteiger partial charge in [-0.2, -0.15) is 0 Å². The minimum absolute atomic E-state index is 0.147. The number of aryl methyl sites for hydroxylation is 1. The van der Waals surface area contributed by atoms with Crippen LogP contribution in [0.1, 0.15) is 25.0 Å². The number of nitrogens with zero attached hydrogens (tertiary/aromatic N) is 2. The Hall–Kier alpha value is -1.55. The van der Waals surface area contributed by atoms with Crippen molar-refractivity contribution in [3.8, 4) is 0 Å². The van der Waals surface area contributed by atoms with Crippen molar-refractivity contribution in [3.63, 3.8) is 0 Å². The van der Waals surface area contributed by atoms with Gasteiger partial charge in [0.05, 0.1) is 0 Å². The highest BCUT2D eigenvalue weighted by Gasteiger charge is 2.27. The average molecular weight is 260 g/mol. The molecule has 2 atom stereocenters. The Balaban J connectivity index is 2.36. The van der Waals surface area contributed by atoms with Gasteiger partial charge in [0.15, 0.2) is 0 Å². The van der Waals surface area contributed by atoms with Crippen LogP contribution in [0.4, 0.5) is 5.69 Å². The molecule has 1 aromatic carbocycles. The molecular formula is C15H24N4. The van der Waals surface area contributed by atoms with Gasteiger partial charge in [0.1, 0.15) is 5.84 Å². The van der Waals surface area contributed by atoms with Gasteiger partial charge in [-0.3, -0.25) is 10.3 Å². The monoisotopic (exact) mass is 260 g/mol. The molecule has 19 heavy (non-hydrogen) atoms. The molecule has 1 fully saturated rings. The molecule has 0 spiro atoms. The maximum absolute atomic E-state index is 7.75. The van der Waals surface area contributed by atoms with Crippen LogP contribution >= 0.6 is 0 Å². The molecule has 0 aliphatic carbocycles. The van der Waals surface area contributed by atoms with Crippen molar-refractivity contribution in [2.24, 2.45) is 5.73 Å². The number of benzene rings is 1. The molecule has 1 aliphatic heterocycles. The van der Waals surface area contributed by atoms with Crippen LogP contribution in [-0.4, -0.2) is 43.0 Å². The quantitative estimate of drug-likeness (QED) is 0.630. The largest absolute Gasteiger partial charge is 0.384 e. The Morgan fingerprint density at radius 2 is 1.84 bits per heavy atom. The topological polar surface area (TPSA) is 56.4 Å². The SMILES string of the molecule is Cc1ccc(C(=N)N)c(N2CC(C)N(C)C(C)C2)c1. The lowest BCUT2D eigenvalue weighted by molar-refractivity contribution is 0.170.